The van der Waals surface area contributed by atoms with E-state index in [2.05, 4.69) is 0 Å². The van der Waals surface area contributed by atoms with Gasteiger partial charge in [-0.1, -0.05) is 19.1 Å². The van der Waals surface area contributed by atoms with E-state index in [-0.39, 0.29) is 17.3 Å². The highest BCUT2D eigenvalue weighted by Crippen LogP contribution is 2.25. The Kier molecular flexibility index (Phi) is 4.24. The quantitative estimate of drug-likeness (QED) is 0.846. The molecule has 0 amide bonds. The van der Waals surface area contributed by atoms with Crippen molar-refractivity contribution in [1.82, 2.24) is 0 Å². The third-order valence-corrected chi connectivity index (χ3v) is 5.17. The molecule has 1 aliphatic rings. The SMILES string of the molecule is CCS(=O)(=O)CCN1CCCC(=O)c2ccccc21. The van der Waals surface area contributed by atoms with Crippen molar-refractivity contribution in [3.05, 3.63) is 29.8 Å². The Morgan fingerprint density at radius 1 is 1.26 bits per heavy atom. The highest BCUT2D eigenvalue weighted by atomic mass is 32.2. The van der Waals surface area contributed by atoms with Crippen LogP contribution in [-0.4, -0.2) is 38.8 Å². The van der Waals surface area contributed by atoms with E-state index in [1.807, 2.05) is 29.2 Å². The maximum absolute atomic E-state index is 12.0. The molecule has 1 aliphatic heterocycles. The van der Waals surface area contributed by atoms with Crippen molar-refractivity contribution in [2.45, 2.75) is 19.8 Å². The summed E-state index contributed by atoms with van der Waals surface area (Å²) >= 11 is 0. The van der Waals surface area contributed by atoms with E-state index in [1.54, 1.807) is 6.92 Å². The molecule has 0 radical (unpaired) electrons. The maximum Gasteiger partial charge on any atom is 0.165 e. The summed E-state index contributed by atoms with van der Waals surface area (Å²) in [4.78, 5) is 14.0. The van der Waals surface area contributed by atoms with E-state index >= 15 is 0 Å². The Morgan fingerprint density at radius 2 is 2.00 bits per heavy atom. The summed E-state index contributed by atoms with van der Waals surface area (Å²) in [5.74, 6) is 0.462. The van der Waals surface area contributed by atoms with Crippen LogP contribution in [0.1, 0.15) is 30.1 Å². The van der Waals surface area contributed by atoms with Gasteiger partial charge >= 0.3 is 0 Å². The molecule has 104 valence electrons. The number of rotatable bonds is 4. The highest BCUT2D eigenvalue weighted by Gasteiger charge is 2.21. The predicted octanol–water partition coefficient (Wildman–Crippen LogP) is 1.90. The molecule has 0 saturated carbocycles. The summed E-state index contributed by atoms with van der Waals surface area (Å²) in [6.07, 6.45) is 1.31. The molecule has 1 heterocycles. The van der Waals surface area contributed by atoms with Crippen LogP contribution in [0.5, 0.6) is 0 Å². The first-order valence-corrected chi connectivity index (χ1v) is 8.43. The van der Waals surface area contributed by atoms with Gasteiger partial charge in [-0.25, -0.2) is 8.42 Å². The van der Waals surface area contributed by atoms with Crippen molar-refractivity contribution in [2.75, 3.05) is 29.5 Å². The molecule has 0 unspecified atom stereocenters. The number of fused-ring (bicyclic) bond motifs is 1. The van der Waals surface area contributed by atoms with Crippen molar-refractivity contribution in [1.29, 1.82) is 0 Å². The number of carbonyl (C=O) groups excluding carboxylic acids is 1. The lowest BCUT2D eigenvalue weighted by Gasteiger charge is -2.24. The van der Waals surface area contributed by atoms with Crippen molar-refractivity contribution in [2.24, 2.45) is 0 Å². The average Bonchev–Trinajstić information content (AvgIpc) is 2.57. The maximum atomic E-state index is 12.0. The molecule has 5 heteroatoms. The largest absolute Gasteiger partial charge is 0.370 e. The topological polar surface area (TPSA) is 54.5 Å². The fourth-order valence-corrected chi connectivity index (χ4v) is 3.08. The molecule has 4 nitrogen and oxygen atoms in total. The number of carbonyl (C=O) groups is 1. The first kappa shape index (κ1) is 14.1. The van der Waals surface area contributed by atoms with Crippen LogP contribution >= 0.6 is 0 Å². The van der Waals surface area contributed by atoms with Gasteiger partial charge in [-0.15, -0.1) is 0 Å². The predicted molar refractivity (Wildman–Crippen MR) is 76.5 cm³/mol. The lowest BCUT2D eigenvalue weighted by atomic mass is 10.1. The number of sulfone groups is 1. The molecule has 2 rings (SSSR count). The summed E-state index contributed by atoms with van der Waals surface area (Å²) < 4.78 is 23.2. The van der Waals surface area contributed by atoms with Crippen LogP contribution in [0.15, 0.2) is 24.3 Å². The summed E-state index contributed by atoms with van der Waals surface area (Å²) in [6, 6.07) is 7.46. The molecule has 1 aromatic carbocycles. The number of hydrogen-bond acceptors (Lipinski definition) is 4. The average molecular weight is 281 g/mol. The summed E-state index contributed by atoms with van der Waals surface area (Å²) in [7, 11) is -2.97. The van der Waals surface area contributed by atoms with Gasteiger partial charge in [0.15, 0.2) is 15.6 Å². The molecule has 0 fully saturated rings. The van der Waals surface area contributed by atoms with Crippen LogP contribution in [0.2, 0.25) is 0 Å². The Labute approximate surface area is 114 Å². The molecule has 0 aromatic heterocycles. The van der Waals surface area contributed by atoms with Crippen molar-refractivity contribution in [3.8, 4) is 0 Å². The monoisotopic (exact) mass is 281 g/mol. The fourth-order valence-electron chi connectivity index (χ4n) is 2.30. The van der Waals surface area contributed by atoms with Crippen LogP contribution in [-0.2, 0) is 9.84 Å². The number of ketones is 1. The van der Waals surface area contributed by atoms with Crippen LogP contribution in [0.25, 0.3) is 0 Å². The lowest BCUT2D eigenvalue weighted by molar-refractivity contribution is 0.0984. The van der Waals surface area contributed by atoms with Gasteiger partial charge in [0, 0.05) is 36.5 Å². The van der Waals surface area contributed by atoms with Crippen molar-refractivity contribution < 1.29 is 13.2 Å². The number of hydrogen-bond donors (Lipinski definition) is 0. The van der Waals surface area contributed by atoms with Crippen molar-refractivity contribution in [3.63, 3.8) is 0 Å². The molecule has 0 aliphatic carbocycles. The molecular weight excluding hydrogens is 262 g/mol. The van der Waals surface area contributed by atoms with Crippen LogP contribution < -0.4 is 4.90 Å². The van der Waals surface area contributed by atoms with Gasteiger partial charge in [-0.05, 0) is 18.6 Å². The van der Waals surface area contributed by atoms with E-state index in [0.717, 1.165) is 18.7 Å². The van der Waals surface area contributed by atoms with Gasteiger partial charge in [0.05, 0.1) is 5.75 Å². The number of para-hydroxylation sites is 1. The van der Waals surface area contributed by atoms with E-state index in [0.29, 0.717) is 18.5 Å². The lowest BCUT2D eigenvalue weighted by Crippen LogP contribution is -2.30. The third kappa shape index (κ3) is 3.35. The molecule has 0 saturated heterocycles. The first-order valence-electron chi connectivity index (χ1n) is 6.61. The van der Waals surface area contributed by atoms with E-state index < -0.39 is 9.84 Å². The number of nitrogens with zero attached hydrogens (tertiary/aromatic N) is 1. The Bertz CT molecular complexity index is 566. The van der Waals surface area contributed by atoms with Gasteiger partial charge in [0.2, 0.25) is 0 Å². The highest BCUT2D eigenvalue weighted by molar-refractivity contribution is 7.91. The second-order valence-corrected chi connectivity index (χ2v) is 7.24. The zero-order chi connectivity index (χ0) is 13.9. The number of anilines is 1. The zero-order valence-corrected chi connectivity index (χ0v) is 11.9. The molecule has 0 N–H and O–H groups in total. The Morgan fingerprint density at radius 3 is 2.74 bits per heavy atom. The Hall–Kier alpha value is -1.36. The molecule has 0 atom stereocenters. The molecule has 0 bridgehead atoms. The van der Waals surface area contributed by atoms with Gasteiger partial charge in [0.1, 0.15) is 0 Å². The van der Waals surface area contributed by atoms with E-state index in [4.69, 9.17) is 0 Å². The van der Waals surface area contributed by atoms with E-state index in [9.17, 15) is 13.2 Å². The summed E-state index contributed by atoms with van der Waals surface area (Å²) in [6.45, 7) is 2.86. The normalized spacial score (nSPS) is 16.1. The van der Waals surface area contributed by atoms with Gasteiger partial charge < -0.3 is 4.90 Å². The van der Waals surface area contributed by atoms with Gasteiger partial charge in [-0.3, -0.25) is 4.79 Å². The molecule has 1 aromatic rings. The van der Waals surface area contributed by atoms with Crippen molar-refractivity contribution >= 4 is 21.3 Å². The van der Waals surface area contributed by atoms with Crippen LogP contribution in [0.4, 0.5) is 5.69 Å². The summed E-state index contributed by atoms with van der Waals surface area (Å²) in [5, 5.41) is 0. The van der Waals surface area contributed by atoms with E-state index in [1.165, 1.54) is 0 Å². The minimum absolute atomic E-state index is 0.145. The van der Waals surface area contributed by atoms with Crippen LogP contribution in [0, 0.1) is 0 Å². The zero-order valence-electron chi connectivity index (χ0n) is 11.1. The summed E-state index contributed by atoms with van der Waals surface area (Å²) in [5.41, 5.74) is 1.59. The standard InChI is InChI=1S/C14H19NO3S/c1-2-19(17,18)11-10-15-9-5-8-14(16)12-6-3-4-7-13(12)15/h3-4,6-7H,2,5,8-11H2,1H3. The minimum atomic E-state index is -2.97. The number of benzene rings is 1. The fraction of sp³-hybridized carbons (Fsp3) is 0.500. The minimum Gasteiger partial charge on any atom is -0.370 e. The molecule has 19 heavy (non-hydrogen) atoms. The van der Waals surface area contributed by atoms with Crippen LogP contribution in [0.3, 0.4) is 0 Å². The van der Waals surface area contributed by atoms with Gasteiger partial charge in [0.25, 0.3) is 0 Å². The first-order chi connectivity index (χ1) is 9.03. The smallest absolute Gasteiger partial charge is 0.165 e. The molecular formula is C14H19NO3S. The molecule has 0 spiro atoms. The second-order valence-electron chi connectivity index (χ2n) is 4.77. The third-order valence-electron chi connectivity index (χ3n) is 3.49. The number of Topliss-reactive ketones (excluding diaryl/α,β-unsaturated/α-hetero) is 1. The Balaban J connectivity index is 2.22. The van der Waals surface area contributed by atoms with Gasteiger partial charge in [-0.2, -0.15) is 0 Å². The second kappa shape index (κ2) is 5.74.